The number of hydrogen-bond acceptors (Lipinski definition) is 8. The molecule has 0 saturated heterocycles. The molecule has 1 atom stereocenters. The van der Waals surface area contributed by atoms with E-state index in [-0.39, 0.29) is 4.90 Å². The van der Waals surface area contributed by atoms with Crippen LogP contribution in [0.25, 0.3) is 11.1 Å². The number of nitrogens with zero attached hydrogens (tertiary/aromatic N) is 4. The van der Waals surface area contributed by atoms with Crippen LogP contribution in [-0.2, 0) is 10.0 Å². The van der Waals surface area contributed by atoms with Crippen molar-refractivity contribution in [2.45, 2.75) is 4.90 Å². The second-order valence-corrected chi connectivity index (χ2v) is 9.71. The van der Waals surface area contributed by atoms with Crippen LogP contribution in [0, 0.1) is 0 Å². The Bertz CT molecular complexity index is 1200. The summed E-state index contributed by atoms with van der Waals surface area (Å²) < 4.78 is 29.5. The number of rotatable bonds is 5. The number of aromatic nitrogens is 4. The van der Waals surface area contributed by atoms with Crippen LogP contribution in [0.2, 0.25) is 0 Å². The van der Waals surface area contributed by atoms with Crippen LogP contribution in [0.1, 0.15) is 0 Å². The van der Waals surface area contributed by atoms with E-state index >= 15 is 0 Å². The van der Waals surface area contributed by atoms with Crippen molar-refractivity contribution < 1.29 is 12.9 Å². The van der Waals surface area contributed by atoms with Crippen molar-refractivity contribution in [2.75, 3.05) is 5.32 Å². The van der Waals surface area contributed by atoms with Crippen LogP contribution in [-0.4, -0.2) is 44.3 Å². The van der Waals surface area contributed by atoms with Gasteiger partial charge in [0.2, 0.25) is 0 Å². The Labute approximate surface area is 160 Å². The molecule has 0 saturated carbocycles. The zero-order valence-electron chi connectivity index (χ0n) is 13.7. The molecule has 3 aromatic heterocycles. The van der Waals surface area contributed by atoms with Crippen molar-refractivity contribution in [1.29, 1.82) is 0 Å². The van der Waals surface area contributed by atoms with E-state index in [0.717, 1.165) is 4.35 Å². The molecule has 0 aliphatic rings. The zero-order valence-corrected chi connectivity index (χ0v) is 16.6. The zero-order chi connectivity index (χ0) is 18.9. The number of primary sulfonamides is 1. The van der Waals surface area contributed by atoms with Gasteiger partial charge in [-0.1, -0.05) is 0 Å². The average Bonchev–Trinajstić information content (AvgIpc) is 3.11. The molecule has 1 unspecified atom stereocenters. The maximum atomic E-state index is 11.4. The molecule has 0 fully saturated rings. The Morgan fingerprint density at radius 2 is 1.89 bits per heavy atom. The molecule has 1 aromatic carbocycles. The van der Waals surface area contributed by atoms with Gasteiger partial charge < -0.3 is 0 Å². The monoisotopic (exact) mass is 444 g/mol. The third-order valence-corrected chi connectivity index (χ3v) is 6.75. The predicted octanol–water partition coefficient (Wildman–Crippen LogP) is -0.209. The average molecular weight is 444 g/mol. The Morgan fingerprint density at radius 1 is 1.07 bits per heavy atom. The van der Waals surface area contributed by atoms with E-state index in [4.69, 9.17) is 9.66 Å². The quantitative estimate of drug-likeness (QED) is 0.404. The van der Waals surface area contributed by atoms with Gasteiger partial charge in [-0.05, 0) is 0 Å². The molecule has 9 nitrogen and oxygen atoms in total. The first-order chi connectivity index (χ1) is 13.0. The first-order valence-corrected chi connectivity index (χ1v) is 11.3. The molecule has 4 aromatic rings. The Hall–Kier alpha value is -2.81. The number of benzene rings is 1. The number of fused-ring (bicyclic) bond motifs is 1. The summed E-state index contributed by atoms with van der Waals surface area (Å²) in [6.07, 6.45) is 3.22. The van der Waals surface area contributed by atoms with Gasteiger partial charge in [0.25, 0.3) is 0 Å². The molecule has 0 bridgehead atoms. The molecule has 0 spiro atoms. The van der Waals surface area contributed by atoms with E-state index in [0.29, 0.717) is 27.3 Å². The number of pyridine rings is 1. The molecule has 0 aliphatic heterocycles. The second-order valence-electron chi connectivity index (χ2n) is 5.47. The Morgan fingerprint density at radius 3 is 2.59 bits per heavy atom. The van der Waals surface area contributed by atoms with Crippen molar-refractivity contribution in [1.82, 2.24) is 20.1 Å². The van der Waals surface area contributed by atoms with Gasteiger partial charge in [0.05, 0.1) is 0 Å². The SMILES string of the molecule is NS(=O)(=O)c1ccc([AsH]c2nc(Nc3ccccn3)c3cnoc3n2)cc1. The number of sulfonamides is 1. The second kappa shape index (κ2) is 7.07. The molecule has 0 radical (unpaired) electrons. The topological polar surface area (TPSA) is 137 Å². The van der Waals surface area contributed by atoms with Gasteiger partial charge in [-0.25, -0.2) is 0 Å². The van der Waals surface area contributed by atoms with E-state index in [2.05, 4.69) is 25.4 Å². The van der Waals surface area contributed by atoms with Crippen LogP contribution in [0.4, 0.5) is 11.6 Å². The van der Waals surface area contributed by atoms with E-state index < -0.39 is 25.8 Å². The van der Waals surface area contributed by atoms with Crippen molar-refractivity contribution >= 4 is 57.5 Å². The van der Waals surface area contributed by atoms with Crippen molar-refractivity contribution in [2.24, 2.45) is 5.14 Å². The molecule has 0 aliphatic carbocycles. The van der Waals surface area contributed by atoms with E-state index in [1.165, 1.54) is 12.1 Å². The van der Waals surface area contributed by atoms with E-state index in [1.54, 1.807) is 24.5 Å². The fraction of sp³-hybridized carbons (Fsp3) is 0. The Balaban J connectivity index is 1.66. The minimum atomic E-state index is -3.71. The first-order valence-electron chi connectivity index (χ1n) is 7.69. The predicted molar refractivity (Wildman–Crippen MR) is 101 cm³/mol. The van der Waals surface area contributed by atoms with E-state index in [1.807, 2.05) is 18.2 Å². The summed E-state index contributed by atoms with van der Waals surface area (Å²) in [6.45, 7) is 0. The summed E-state index contributed by atoms with van der Waals surface area (Å²) in [6, 6.07) is 11.9. The van der Waals surface area contributed by atoms with Crippen molar-refractivity contribution in [3.63, 3.8) is 0 Å². The molecule has 27 heavy (non-hydrogen) atoms. The summed E-state index contributed by atoms with van der Waals surface area (Å²) in [5.41, 5.74) is 0.378. The van der Waals surface area contributed by atoms with Gasteiger partial charge in [0, 0.05) is 0 Å². The molecular formula is C16H13AsN6O3S. The van der Waals surface area contributed by atoms with Gasteiger partial charge in [-0.3, -0.25) is 0 Å². The molecule has 11 heteroatoms. The molecular weight excluding hydrogens is 431 g/mol. The molecule has 4 rings (SSSR count). The van der Waals surface area contributed by atoms with Gasteiger partial charge in [-0.2, -0.15) is 0 Å². The van der Waals surface area contributed by atoms with Crippen molar-refractivity contribution in [3.8, 4) is 0 Å². The normalized spacial score (nSPS) is 12.0. The molecule has 3 heterocycles. The van der Waals surface area contributed by atoms with Crippen LogP contribution >= 0.6 is 0 Å². The first kappa shape index (κ1) is 17.6. The van der Waals surface area contributed by atoms with Gasteiger partial charge in [0.1, 0.15) is 0 Å². The van der Waals surface area contributed by atoms with Gasteiger partial charge >= 0.3 is 161 Å². The van der Waals surface area contributed by atoms with Crippen molar-refractivity contribution in [3.05, 3.63) is 54.9 Å². The van der Waals surface area contributed by atoms with Crippen LogP contribution < -0.4 is 19.4 Å². The number of anilines is 2. The summed E-state index contributed by atoms with van der Waals surface area (Å²) in [5, 5.41) is 12.7. The summed E-state index contributed by atoms with van der Waals surface area (Å²) in [5.74, 6) is 1.20. The molecule has 0 amide bonds. The van der Waals surface area contributed by atoms with Crippen LogP contribution in [0.15, 0.2) is 64.3 Å². The van der Waals surface area contributed by atoms with Crippen LogP contribution in [0.3, 0.4) is 0 Å². The fourth-order valence-electron chi connectivity index (χ4n) is 2.33. The number of hydrogen-bond donors (Lipinski definition) is 2. The molecule has 136 valence electrons. The fourth-order valence-corrected chi connectivity index (χ4v) is 4.77. The third kappa shape index (κ3) is 3.97. The van der Waals surface area contributed by atoms with Gasteiger partial charge in [-0.15, -0.1) is 0 Å². The van der Waals surface area contributed by atoms with Gasteiger partial charge in [0.15, 0.2) is 0 Å². The summed E-state index contributed by atoms with van der Waals surface area (Å²) in [4.78, 5) is 13.3. The standard InChI is InChI=1S/C16H13AsN6O3S/c18-27(24,25)11-6-4-10(5-7-11)17-16-22-14(12-9-20-26-15(12)23-16)21-13-3-1-2-8-19-13/h1-9,17H,(H2,18,24,25)(H,19,21,22,23). The van der Waals surface area contributed by atoms with Crippen LogP contribution in [0.5, 0.6) is 0 Å². The summed E-state index contributed by atoms with van der Waals surface area (Å²) >= 11 is -0.932. The van der Waals surface area contributed by atoms with E-state index in [9.17, 15) is 8.42 Å². The summed E-state index contributed by atoms with van der Waals surface area (Å²) in [7, 11) is -3.71. The third-order valence-electron chi connectivity index (χ3n) is 3.58. The maximum absolute atomic E-state index is 11.4. The minimum absolute atomic E-state index is 0.0713. The molecule has 3 N–H and O–H groups in total. The number of nitrogens with one attached hydrogen (secondary N) is 1. The Kier molecular flexibility index (Phi) is 4.61. The number of nitrogens with two attached hydrogens (primary N) is 1.